The van der Waals surface area contributed by atoms with Gasteiger partial charge < -0.3 is 24.6 Å². The molecule has 0 aliphatic carbocycles. The Hall–Kier alpha value is -0.580. The number of aliphatic hydroxyl groups is 3. The lowest BCUT2D eigenvalue weighted by atomic mass is 10.1. The summed E-state index contributed by atoms with van der Waals surface area (Å²) >= 11 is 3.40. The highest BCUT2D eigenvalue weighted by Crippen LogP contribution is 2.44. The molecule has 7 nitrogen and oxygen atoms in total. The van der Waals surface area contributed by atoms with Crippen LogP contribution in [0.15, 0.2) is 17.1 Å². The minimum atomic E-state index is -1.18. The van der Waals surface area contributed by atoms with E-state index in [0.717, 1.165) is 17.9 Å². The van der Waals surface area contributed by atoms with Crippen molar-refractivity contribution < 1.29 is 20.1 Å². The lowest BCUT2D eigenvalue weighted by Crippen LogP contribution is -2.34. The predicted octanol–water partition coefficient (Wildman–Crippen LogP) is -0.277. The van der Waals surface area contributed by atoms with Crippen LogP contribution in [0.3, 0.4) is 0 Å². The molecule has 122 valence electrons. The van der Waals surface area contributed by atoms with Crippen LogP contribution < -0.4 is 5.56 Å². The number of rotatable bonds is 3. The first-order chi connectivity index (χ1) is 10.6. The van der Waals surface area contributed by atoms with Crippen LogP contribution in [0.4, 0.5) is 0 Å². The Balaban J connectivity index is 1.94. The van der Waals surface area contributed by atoms with Gasteiger partial charge in [-0.2, -0.15) is 4.98 Å². The largest absolute Gasteiger partial charge is 0.394 e. The van der Waals surface area contributed by atoms with Crippen LogP contribution in [-0.2, 0) is 4.74 Å². The van der Waals surface area contributed by atoms with E-state index >= 15 is 0 Å². The van der Waals surface area contributed by atoms with Crippen molar-refractivity contribution in [1.29, 1.82) is 0 Å². The molecule has 1 aromatic heterocycles. The van der Waals surface area contributed by atoms with Crippen molar-refractivity contribution in [2.75, 3.05) is 18.1 Å². The van der Waals surface area contributed by atoms with Gasteiger partial charge in [-0.3, -0.25) is 4.79 Å². The molecule has 1 aromatic rings. The third-order valence-electron chi connectivity index (χ3n) is 3.70. The zero-order valence-electron chi connectivity index (χ0n) is 11.7. The molecule has 0 radical (unpaired) electrons. The van der Waals surface area contributed by atoms with E-state index in [1.165, 1.54) is 12.3 Å². The molecule has 0 spiro atoms. The van der Waals surface area contributed by atoms with Crippen molar-refractivity contribution >= 4 is 23.5 Å². The Bertz CT molecular complexity index is 578. The first-order valence-corrected chi connectivity index (χ1v) is 9.16. The number of aliphatic hydroxyl groups excluding tert-OH is 3. The Labute approximate surface area is 135 Å². The Morgan fingerprint density at radius 3 is 2.68 bits per heavy atom. The quantitative estimate of drug-likeness (QED) is 0.687. The van der Waals surface area contributed by atoms with Crippen LogP contribution in [0.25, 0.3) is 0 Å². The Morgan fingerprint density at radius 2 is 2.05 bits per heavy atom. The fourth-order valence-electron chi connectivity index (χ4n) is 2.56. The molecule has 2 saturated heterocycles. The molecule has 3 N–H and O–H groups in total. The number of hydrogen-bond donors (Lipinski definition) is 3. The number of nitrogens with zero attached hydrogens (tertiary/aromatic N) is 2. The normalized spacial score (nSPS) is 33.2. The maximum atomic E-state index is 11.6. The second-order valence-corrected chi connectivity index (χ2v) is 7.91. The molecular formula is C13H18N2O5S2. The van der Waals surface area contributed by atoms with E-state index in [1.54, 1.807) is 28.1 Å². The van der Waals surface area contributed by atoms with Crippen LogP contribution in [-0.4, -0.2) is 61.3 Å². The van der Waals surface area contributed by atoms with E-state index in [2.05, 4.69) is 4.98 Å². The number of ether oxygens (including phenoxy) is 1. The van der Waals surface area contributed by atoms with E-state index in [1.807, 2.05) is 0 Å². The van der Waals surface area contributed by atoms with Crippen LogP contribution in [0, 0.1) is 0 Å². The van der Waals surface area contributed by atoms with E-state index < -0.39 is 24.5 Å². The van der Waals surface area contributed by atoms with Gasteiger partial charge in [0, 0.05) is 12.3 Å². The van der Waals surface area contributed by atoms with E-state index in [0.29, 0.717) is 5.82 Å². The molecule has 2 fully saturated rings. The van der Waals surface area contributed by atoms with Crippen molar-refractivity contribution in [1.82, 2.24) is 9.55 Å². The summed E-state index contributed by atoms with van der Waals surface area (Å²) in [7, 11) is 0. The van der Waals surface area contributed by atoms with Crippen molar-refractivity contribution in [2.45, 2.75) is 35.5 Å². The molecule has 0 saturated carbocycles. The molecule has 2 aliphatic heterocycles. The van der Waals surface area contributed by atoms with E-state index in [9.17, 15) is 20.1 Å². The number of hydrogen-bond acceptors (Lipinski definition) is 8. The van der Waals surface area contributed by atoms with Gasteiger partial charge >= 0.3 is 0 Å². The second kappa shape index (κ2) is 6.90. The number of aromatic nitrogens is 2. The minimum Gasteiger partial charge on any atom is -0.394 e. The molecular weight excluding hydrogens is 328 g/mol. The Kier molecular flexibility index (Phi) is 5.10. The first-order valence-electron chi connectivity index (χ1n) is 7.06. The highest BCUT2D eigenvalue weighted by atomic mass is 32.2. The molecule has 3 heterocycles. The van der Waals surface area contributed by atoms with Gasteiger partial charge in [-0.1, -0.05) is 0 Å². The summed E-state index contributed by atoms with van der Waals surface area (Å²) in [5.41, 5.74) is -0.343. The summed E-state index contributed by atoms with van der Waals surface area (Å²) < 4.78 is 7.13. The van der Waals surface area contributed by atoms with E-state index in [4.69, 9.17) is 4.74 Å². The molecule has 0 aromatic carbocycles. The first kappa shape index (κ1) is 16.3. The van der Waals surface area contributed by atoms with E-state index in [-0.39, 0.29) is 16.7 Å². The van der Waals surface area contributed by atoms with Crippen molar-refractivity contribution in [3.05, 3.63) is 28.4 Å². The van der Waals surface area contributed by atoms with Gasteiger partial charge in [0.1, 0.15) is 28.7 Å². The molecule has 2 aliphatic rings. The van der Waals surface area contributed by atoms with Crippen molar-refractivity contribution in [2.24, 2.45) is 0 Å². The lowest BCUT2D eigenvalue weighted by Gasteiger charge is -2.27. The third kappa shape index (κ3) is 3.06. The lowest BCUT2D eigenvalue weighted by molar-refractivity contribution is -0.0545. The van der Waals surface area contributed by atoms with Crippen LogP contribution in [0.5, 0.6) is 0 Å². The molecule has 0 bridgehead atoms. The zero-order valence-corrected chi connectivity index (χ0v) is 13.4. The molecule has 0 unspecified atom stereocenters. The smallest absolute Gasteiger partial charge is 0.272 e. The summed E-state index contributed by atoms with van der Waals surface area (Å²) in [6, 6.07) is 1.30. The van der Waals surface area contributed by atoms with Gasteiger partial charge in [-0.05, 0) is 17.9 Å². The fourth-order valence-corrected chi connectivity index (χ4v) is 5.41. The van der Waals surface area contributed by atoms with Gasteiger partial charge in [-0.15, -0.1) is 23.5 Å². The van der Waals surface area contributed by atoms with Gasteiger partial charge in [0.05, 0.1) is 6.61 Å². The highest BCUT2D eigenvalue weighted by Gasteiger charge is 2.44. The summed E-state index contributed by atoms with van der Waals surface area (Å²) in [6.45, 7) is -0.384. The summed E-state index contributed by atoms with van der Waals surface area (Å²) in [6.07, 6.45) is -1.43. The summed E-state index contributed by atoms with van der Waals surface area (Å²) in [4.78, 5) is 15.7. The maximum absolute atomic E-state index is 11.6. The average Bonchev–Trinajstić information content (AvgIpc) is 2.83. The minimum absolute atomic E-state index is 0.0104. The molecule has 4 atom stereocenters. The molecule has 3 rings (SSSR count). The van der Waals surface area contributed by atoms with Gasteiger partial charge in [0.25, 0.3) is 5.56 Å². The molecule has 22 heavy (non-hydrogen) atoms. The summed E-state index contributed by atoms with van der Waals surface area (Å²) in [5, 5.41) is 29.3. The maximum Gasteiger partial charge on any atom is 0.272 e. The fraction of sp³-hybridized carbons (Fsp3) is 0.692. The van der Waals surface area contributed by atoms with Crippen LogP contribution in [0.1, 0.15) is 23.1 Å². The van der Waals surface area contributed by atoms with Crippen molar-refractivity contribution in [3.8, 4) is 0 Å². The third-order valence-corrected chi connectivity index (χ3v) is 6.59. The molecule has 0 amide bonds. The van der Waals surface area contributed by atoms with Crippen LogP contribution >= 0.6 is 23.5 Å². The monoisotopic (exact) mass is 346 g/mol. The molecule has 9 heteroatoms. The topological polar surface area (TPSA) is 105 Å². The second-order valence-electron chi connectivity index (χ2n) is 5.19. The zero-order chi connectivity index (χ0) is 15.7. The number of thioether (sulfide) groups is 2. The highest BCUT2D eigenvalue weighted by molar-refractivity contribution is 8.16. The SMILES string of the molecule is O=c1ccn([C@H]2O[C@@H](CO)[C@@H](O)[C@H]2O)c(C2SCCCS2)n1. The van der Waals surface area contributed by atoms with Gasteiger partial charge in [0.2, 0.25) is 0 Å². The Morgan fingerprint density at radius 1 is 1.32 bits per heavy atom. The predicted molar refractivity (Wildman–Crippen MR) is 83.8 cm³/mol. The van der Waals surface area contributed by atoms with Crippen LogP contribution in [0.2, 0.25) is 0 Å². The standard InChI is InChI=1S/C13H18N2O5S2/c16-6-7-9(18)10(19)12(20-7)15-3-2-8(17)14-11(15)13-21-4-1-5-22-13/h2-3,7,9-10,12-13,16,18-19H,1,4-6H2/t7-,9+,10+,12-/m0/s1. The van der Waals surface area contributed by atoms with Crippen molar-refractivity contribution in [3.63, 3.8) is 0 Å². The average molecular weight is 346 g/mol. The van der Waals surface area contributed by atoms with Gasteiger partial charge in [0.15, 0.2) is 6.23 Å². The summed E-state index contributed by atoms with van der Waals surface area (Å²) in [5.74, 6) is 2.49. The van der Waals surface area contributed by atoms with Gasteiger partial charge in [-0.25, -0.2) is 0 Å².